The molecular weight excluding hydrogens is 437 g/mol. The summed E-state index contributed by atoms with van der Waals surface area (Å²) in [7, 11) is 0. The van der Waals surface area contributed by atoms with Gasteiger partial charge in [-0.05, 0) is 47.8 Å². The average Bonchev–Trinajstić information content (AvgIpc) is 3.55. The van der Waals surface area contributed by atoms with Crippen LogP contribution in [0.2, 0.25) is 0 Å². The van der Waals surface area contributed by atoms with E-state index in [4.69, 9.17) is 0 Å². The molecule has 5 aromatic rings. The number of hydrogen-bond donors (Lipinski definition) is 1. The number of rotatable bonds is 5. The van der Waals surface area contributed by atoms with Gasteiger partial charge in [-0.25, -0.2) is 14.1 Å². The van der Waals surface area contributed by atoms with Crippen molar-refractivity contribution < 1.29 is 9.18 Å². The first-order valence-corrected chi connectivity index (χ1v) is 10.7. The minimum Gasteiger partial charge on any atom is -0.294 e. The number of carbonyl (C=O) groups is 1. The fourth-order valence-electron chi connectivity index (χ4n) is 2.76. The molecule has 5 rings (SSSR count). The number of halogens is 1. The third-order valence-electron chi connectivity index (χ3n) is 4.15. The molecule has 0 saturated carbocycles. The van der Waals surface area contributed by atoms with Crippen molar-refractivity contribution >= 4 is 33.7 Å². The van der Waals surface area contributed by atoms with Crippen molar-refractivity contribution in [3.8, 4) is 27.1 Å². The van der Waals surface area contributed by atoms with Crippen LogP contribution >= 0.6 is 22.7 Å². The van der Waals surface area contributed by atoms with Crippen molar-refractivity contribution in [2.24, 2.45) is 0 Å². The summed E-state index contributed by atoms with van der Waals surface area (Å²) in [5.74, 6) is -0.442. The maximum absolute atomic E-state index is 13.4. The van der Waals surface area contributed by atoms with Gasteiger partial charge >= 0.3 is 0 Å². The number of thiophene rings is 1. The van der Waals surface area contributed by atoms with Crippen LogP contribution in [-0.2, 0) is 0 Å². The smallest absolute Gasteiger partial charge is 0.294 e. The third-order valence-corrected chi connectivity index (χ3v) is 5.88. The highest BCUT2D eigenvalue weighted by Crippen LogP contribution is 2.27. The fraction of sp³-hybridized carbons (Fsp3) is 0. The largest absolute Gasteiger partial charge is 0.297 e. The number of amides is 1. The number of pyridine rings is 1. The number of hydrogen-bond acceptors (Lipinski definition) is 8. The zero-order chi connectivity index (χ0) is 21.2. The lowest BCUT2D eigenvalue weighted by atomic mass is 10.3. The van der Waals surface area contributed by atoms with Crippen molar-refractivity contribution in [2.45, 2.75) is 0 Å². The Morgan fingerprint density at radius 1 is 1.03 bits per heavy atom. The van der Waals surface area contributed by atoms with Crippen molar-refractivity contribution in [1.29, 1.82) is 0 Å². The standard InChI is InChI=1S/C20H12FN7OS2/c21-12-6-8-13(9-7-12)28-17(15-5-3-11-30-15)23-16(27-28)18(29)24-20-26-25-19(31-20)14-4-1-2-10-22-14/h1-11H,(H,24,26,29). The Morgan fingerprint density at radius 3 is 2.65 bits per heavy atom. The van der Waals surface area contributed by atoms with Gasteiger partial charge in [0.05, 0.1) is 10.6 Å². The molecule has 0 aliphatic carbocycles. The summed E-state index contributed by atoms with van der Waals surface area (Å²) >= 11 is 2.66. The molecule has 0 saturated heterocycles. The minimum absolute atomic E-state index is 0.0395. The molecule has 8 nitrogen and oxygen atoms in total. The number of nitrogens with zero attached hydrogens (tertiary/aromatic N) is 6. The van der Waals surface area contributed by atoms with Crippen LogP contribution in [0.15, 0.2) is 66.2 Å². The van der Waals surface area contributed by atoms with Gasteiger partial charge in [0.1, 0.15) is 11.5 Å². The van der Waals surface area contributed by atoms with E-state index >= 15 is 0 Å². The predicted octanol–water partition coefficient (Wildman–Crippen LogP) is 4.30. The number of benzene rings is 1. The quantitative estimate of drug-likeness (QED) is 0.430. The van der Waals surface area contributed by atoms with E-state index in [1.165, 1.54) is 39.5 Å². The molecule has 0 spiro atoms. The Bertz CT molecular complexity index is 1330. The Labute approximate surface area is 183 Å². The molecule has 0 fully saturated rings. The molecule has 4 heterocycles. The highest BCUT2D eigenvalue weighted by molar-refractivity contribution is 7.18. The Kier molecular flexibility index (Phi) is 5.02. The topological polar surface area (TPSA) is 98.5 Å². The molecule has 0 unspecified atom stereocenters. The second-order valence-corrected chi connectivity index (χ2v) is 8.13. The summed E-state index contributed by atoms with van der Waals surface area (Å²) in [4.78, 5) is 22.3. The van der Waals surface area contributed by atoms with E-state index < -0.39 is 5.91 Å². The molecule has 4 aromatic heterocycles. The van der Waals surface area contributed by atoms with E-state index in [9.17, 15) is 9.18 Å². The van der Waals surface area contributed by atoms with Gasteiger partial charge in [-0.15, -0.1) is 26.6 Å². The zero-order valence-electron chi connectivity index (χ0n) is 15.6. The number of aromatic nitrogens is 6. The number of carbonyl (C=O) groups excluding carboxylic acids is 1. The lowest BCUT2D eigenvalue weighted by Crippen LogP contribution is -2.14. The highest BCUT2D eigenvalue weighted by Gasteiger charge is 2.21. The average molecular weight is 449 g/mol. The van der Waals surface area contributed by atoms with Crippen LogP contribution in [-0.4, -0.2) is 35.9 Å². The maximum Gasteiger partial charge on any atom is 0.297 e. The van der Waals surface area contributed by atoms with E-state index in [2.05, 4.69) is 30.6 Å². The lowest BCUT2D eigenvalue weighted by Gasteiger charge is -2.03. The van der Waals surface area contributed by atoms with Gasteiger partial charge in [-0.1, -0.05) is 23.5 Å². The van der Waals surface area contributed by atoms with Crippen LogP contribution in [0.5, 0.6) is 0 Å². The van der Waals surface area contributed by atoms with E-state index in [0.717, 1.165) is 4.88 Å². The molecule has 11 heteroatoms. The summed E-state index contributed by atoms with van der Waals surface area (Å²) in [5.41, 5.74) is 1.25. The van der Waals surface area contributed by atoms with Crippen LogP contribution in [0.3, 0.4) is 0 Å². The van der Waals surface area contributed by atoms with Crippen LogP contribution in [0.4, 0.5) is 9.52 Å². The normalized spacial score (nSPS) is 10.9. The first kappa shape index (κ1) is 19.2. The first-order chi connectivity index (χ1) is 15.2. The molecule has 1 amide bonds. The molecule has 0 aliphatic rings. The molecule has 1 N–H and O–H groups in total. The highest BCUT2D eigenvalue weighted by atomic mass is 32.1. The first-order valence-electron chi connectivity index (χ1n) is 9.00. The van der Waals surface area contributed by atoms with Gasteiger partial charge < -0.3 is 0 Å². The summed E-state index contributed by atoms with van der Waals surface area (Å²) in [6.45, 7) is 0. The molecule has 31 heavy (non-hydrogen) atoms. The zero-order valence-corrected chi connectivity index (χ0v) is 17.3. The van der Waals surface area contributed by atoms with Gasteiger partial charge in [0, 0.05) is 6.20 Å². The Balaban J connectivity index is 1.45. The SMILES string of the molecule is O=C(Nc1nnc(-c2ccccn2)s1)c1nc(-c2cccs2)n(-c2ccc(F)cc2)n1. The number of nitrogens with one attached hydrogen (secondary N) is 1. The van der Waals surface area contributed by atoms with Crippen LogP contribution < -0.4 is 5.32 Å². The minimum atomic E-state index is -0.526. The van der Waals surface area contributed by atoms with Gasteiger partial charge in [0.2, 0.25) is 11.0 Å². The van der Waals surface area contributed by atoms with E-state index in [-0.39, 0.29) is 11.6 Å². The van der Waals surface area contributed by atoms with Crippen molar-refractivity contribution in [3.05, 3.63) is 77.8 Å². The van der Waals surface area contributed by atoms with Gasteiger partial charge in [-0.3, -0.25) is 15.1 Å². The molecular formula is C20H12FN7OS2. The van der Waals surface area contributed by atoms with Crippen LogP contribution in [0, 0.1) is 5.82 Å². The maximum atomic E-state index is 13.4. The summed E-state index contributed by atoms with van der Waals surface area (Å²) in [5, 5.41) is 17.9. The summed E-state index contributed by atoms with van der Waals surface area (Å²) < 4.78 is 14.9. The number of anilines is 1. The molecule has 1 aromatic carbocycles. The second-order valence-electron chi connectivity index (χ2n) is 6.21. The van der Waals surface area contributed by atoms with Crippen molar-refractivity contribution in [3.63, 3.8) is 0 Å². The third kappa shape index (κ3) is 3.96. The van der Waals surface area contributed by atoms with E-state index in [0.29, 0.717) is 27.3 Å². The molecule has 0 atom stereocenters. The van der Waals surface area contributed by atoms with E-state index in [1.54, 1.807) is 18.3 Å². The Hall–Kier alpha value is -3.83. The predicted molar refractivity (Wildman–Crippen MR) is 116 cm³/mol. The van der Waals surface area contributed by atoms with Crippen LogP contribution in [0.25, 0.3) is 27.1 Å². The Morgan fingerprint density at radius 2 is 1.90 bits per heavy atom. The van der Waals surface area contributed by atoms with E-state index in [1.807, 2.05) is 35.7 Å². The van der Waals surface area contributed by atoms with Gasteiger partial charge in [0.15, 0.2) is 10.8 Å². The molecule has 152 valence electrons. The molecule has 0 radical (unpaired) electrons. The van der Waals surface area contributed by atoms with Gasteiger partial charge in [-0.2, -0.15) is 0 Å². The summed E-state index contributed by atoms with van der Waals surface area (Å²) in [6.07, 6.45) is 1.66. The molecule has 0 bridgehead atoms. The summed E-state index contributed by atoms with van der Waals surface area (Å²) in [6, 6.07) is 15.0. The van der Waals surface area contributed by atoms with Gasteiger partial charge in [0.25, 0.3) is 5.91 Å². The van der Waals surface area contributed by atoms with Crippen molar-refractivity contribution in [1.82, 2.24) is 29.9 Å². The van der Waals surface area contributed by atoms with Crippen molar-refractivity contribution in [2.75, 3.05) is 5.32 Å². The lowest BCUT2D eigenvalue weighted by molar-refractivity contribution is 0.101. The molecule has 0 aliphatic heterocycles. The fourth-order valence-corrected chi connectivity index (χ4v) is 4.17. The van der Waals surface area contributed by atoms with Crippen LogP contribution in [0.1, 0.15) is 10.6 Å². The second kappa shape index (κ2) is 8.13. The monoisotopic (exact) mass is 449 g/mol.